The molecule has 5 heteroatoms. The van der Waals surface area contributed by atoms with Crippen molar-refractivity contribution in [3.63, 3.8) is 0 Å². The number of pyridine rings is 1. The SMILES string of the molecule is Cc1cc(CNC(C)C)cnc1-n1cc(Br)cn1. The van der Waals surface area contributed by atoms with Crippen molar-refractivity contribution in [3.05, 3.63) is 40.3 Å². The lowest BCUT2D eigenvalue weighted by atomic mass is 10.2. The van der Waals surface area contributed by atoms with Gasteiger partial charge in [0.1, 0.15) is 0 Å². The van der Waals surface area contributed by atoms with E-state index in [1.165, 1.54) is 5.56 Å². The minimum atomic E-state index is 0.479. The molecular weight excluding hydrogens is 292 g/mol. The van der Waals surface area contributed by atoms with Gasteiger partial charge in [-0.3, -0.25) is 0 Å². The van der Waals surface area contributed by atoms with Crippen LogP contribution in [-0.2, 0) is 6.54 Å². The van der Waals surface area contributed by atoms with Gasteiger partial charge in [-0.1, -0.05) is 13.8 Å². The molecule has 1 N–H and O–H groups in total. The van der Waals surface area contributed by atoms with Crippen LogP contribution in [0.15, 0.2) is 29.1 Å². The second-order valence-corrected chi connectivity index (χ2v) is 5.54. The fourth-order valence-corrected chi connectivity index (χ4v) is 1.99. The Morgan fingerprint density at radius 2 is 2.17 bits per heavy atom. The van der Waals surface area contributed by atoms with E-state index in [1.807, 2.05) is 12.4 Å². The molecule has 0 saturated carbocycles. The number of nitrogens with one attached hydrogen (secondary N) is 1. The summed E-state index contributed by atoms with van der Waals surface area (Å²) in [6.45, 7) is 7.16. The molecule has 0 fully saturated rings. The van der Waals surface area contributed by atoms with Crippen molar-refractivity contribution in [2.24, 2.45) is 0 Å². The molecule has 0 atom stereocenters. The fraction of sp³-hybridized carbons (Fsp3) is 0.385. The van der Waals surface area contributed by atoms with Crippen LogP contribution in [0, 0.1) is 6.92 Å². The summed E-state index contributed by atoms with van der Waals surface area (Å²) in [5.74, 6) is 0.869. The summed E-state index contributed by atoms with van der Waals surface area (Å²) < 4.78 is 2.73. The van der Waals surface area contributed by atoms with Gasteiger partial charge in [0, 0.05) is 25.0 Å². The number of rotatable bonds is 4. The molecular formula is C13H17BrN4. The van der Waals surface area contributed by atoms with Crippen molar-refractivity contribution in [1.29, 1.82) is 0 Å². The number of hydrogen-bond acceptors (Lipinski definition) is 3. The topological polar surface area (TPSA) is 42.7 Å². The Labute approximate surface area is 116 Å². The maximum atomic E-state index is 4.48. The van der Waals surface area contributed by atoms with Crippen LogP contribution >= 0.6 is 15.9 Å². The molecule has 96 valence electrons. The van der Waals surface area contributed by atoms with Gasteiger partial charge in [-0.25, -0.2) is 9.67 Å². The number of aryl methyl sites for hydroxylation is 1. The van der Waals surface area contributed by atoms with Gasteiger partial charge in [-0.15, -0.1) is 0 Å². The Morgan fingerprint density at radius 1 is 1.39 bits per heavy atom. The average molecular weight is 309 g/mol. The molecule has 18 heavy (non-hydrogen) atoms. The van der Waals surface area contributed by atoms with E-state index in [-0.39, 0.29) is 0 Å². The molecule has 0 aliphatic carbocycles. The molecule has 4 nitrogen and oxygen atoms in total. The van der Waals surface area contributed by atoms with Crippen LogP contribution < -0.4 is 5.32 Å². The Bertz CT molecular complexity index is 534. The minimum Gasteiger partial charge on any atom is -0.310 e. The summed E-state index contributed by atoms with van der Waals surface area (Å²) in [6, 6.07) is 2.62. The predicted octanol–water partition coefficient (Wildman–Crippen LogP) is 2.84. The van der Waals surface area contributed by atoms with Crippen LogP contribution in [0.5, 0.6) is 0 Å². The lowest BCUT2D eigenvalue weighted by Gasteiger charge is -2.10. The minimum absolute atomic E-state index is 0.479. The summed E-state index contributed by atoms with van der Waals surface area (Å²) in [4.78, 5) is 4.48. The van der Waals surface area contributed by atoms with E-state index < -0.39 is 0 Å². The van der Waals surface area contributed by atoms with Gasteiger partial charge in [0.25, 0.3) is 0 Å². The molecule has 2 heterocycles. The molecule has 0 aliphatic heterocycles. The summed E-state index contributed by atoms with van der Waals surface area (Å²) in [6.07, 6.45) is 5.56. The standard InChI is InChI=1S/C13H17BrN4/c1-9(2)15-5-11-4-10(3)13(16-6-11)18-8-12(14)7-17-18/h4,6-9,15H,5H2,1-3H3. The Kier molecular flexibility index (Phi) is 4.14. The number of nitrogens with zero attached hydrogens (tertiary/aromatic N) is 3. The van der Waals surface area contributed by atoms with Crippen LogP contribution in [0.3, 0.4) is 0 Å². The lowest BCUT2D eigenvalue weighted by molar-refractivity contribution is 0.587. The Morgan fingerprint density at radius 3 is 2.72 bits per heavy atom. The van der Waals surface area contributed by atoms with Crippen LogP contribution in [0.2, 0.25) is 0 Å². The molecule has 2 aromatic rings. The number of aromatic nitrogens is 3. The van der Waals surface area contributed by atoms with E-state index in [0.29, 0.717) is 6.04 Å². The number of hydrogen-bond donors (Lipinski definition) is 1. The van der Waals surface area contributed by atoms with Crippen molar-refractivity contribution in [2.45, 2.75) is 33.4 Å². The zero-order chi connectivity index (χ0) is 13.1. The van der Waals surface area contributed by atoms with Gasteiger partial charge in [0.15, 0.2) is 5.82 Å². The van der Waals surface area contributed by atoms with Crippen LogP contribution in [0.4, 0.5) is 0 Å². The molecule has 0 aliphatic rings. The zero-order valence-corrected chi connectivity index (χ0v) is 12.4. The largest absolute Gasteiger partial charge is 0.310 e. The second-order valence-electron chi connectivity index (χ2n) is 4.62. The van der Waals surface area contributed by atoms with Gasteiger partial charge in [0.05, 0.1) is 10.7 Å². The van der Waals surface area contributed by atoms with E-state index in [1.54, 1.807) is 10.9 Å². The summed E-state index contributed by atoms with van der Waals surface area (Å²) >= 11 is 3.39. The van der Waals surface area contributed by atoms with Crippen LogP contribution in [0.25, 0.3) is 5.82 Å². The van der Waals surface area contributed by atoms with Crippen molar-refractivity contribution in [2.75, 3.05) is 0 Å². The van der Waals surface area contributed by atoms with E-state index in [4.69, 9.17) is 0 Å². The highest BCUT2D eigenvalue weighted by molar-refractivity contribution is 9.10. The molecule has 0 bridgehead atoms. The summed E-state index contributed by atoms with van der Waals surface area (Å²) in [7, 11) is 0. The molecule has 0 radical (unpaired) electrons. The molecule has 0 aromatic carbocycles. The average Bonchev–Trinajstić information content (AvgIpc) is 2.73. The third-order valence-electron chi connectivity index (χ3n) is 2.59. The summed E-state index contributed by atoms with van der Waals surface area (Å²) in [5.41, 5.74) is 2.31. The quantitative estimate of drug-likeness (QED) is 0.944. The van der Waals surface area contributed by atoms with E-state index in [2.05, 4.69) is 58.2 Å². The highest BCUT2D eigenvalue weighted by Gasteiger charge is 2.06. The maximum Gasteiger partial charge on any atom is 0.156 e. The Balaban J connectivity index is 2.20. The highest BCUT2D eigenvalue weighted by atomic mass is 79.9. The first kappa shape index (κ1) is 13.2. The molecule has 0 amide bonds. The highest BCUT2D eigenvalue weighted by Crippen LogP contribution is 2.15. The molecule has 0 saturated heterocycles. The van der Waals surface area contributed by atoms with Crippen molar-refractivity contribution in [1.82, 2.24) is 20.1 Å². The van der Waals surface area contributed by atoms with Gasteiger partial charge >= 0.3 is 0 Å². The first-order valence-electron chi connectivity index (χ1n) is 5.95. The van der Waals surface area contributed by atoms with Crippen LogP contribution in [0.1, 0.15) is 25.0 Å². The monoisotopic (exact) mass is 308 g/mol. The second kappa shape index (κ2) is 5.63. The van der Waals surface area contributed by atoms with Crippen molar-refractivity contribution >= 4 is 15.9 Å². The van der Waals surface area contributed by atoms with E-state index in [0.717, 1.165) is 22.4 Å². The lowest BCUT2D eigenvalue weighted by Crippen LogP contribution is -2.22. The van der Waals surface area contributed by atoms with Gasteiger partial charge in [-0.2, -0.15) is 5.10 Å². The van der Waals surface area contributed by atoms with Crippen LogP contribution in [-0.4, -0.2) is 20.8 Å². The van der Waals surface area contributed by atoms with Gasteiger partial charge in [0.2, 0.25) is 0 Å². The van der Waals surface area contributed by atoms with Crippen molar-refractivity contribution in [3.8, 4) is 5.82 Å². The predicted molar refractivity (Wildman–Crippen MR) is 75.8 cm³/mol. The van der Waals surface area contributed by atoms with Crippen molar-refractivity contribution < 1.29 is 0 Å². The zero-order valence-electron chi connectivity index (χ0n) is 10.8. The van der Waals surface area contributed by atoms with Gasteiger partial charge < -0.3 is 5.32 Å². The number of halogens is 1. The fourth-order valence-electron chi connectivity index (χ4n) is 1.70. The smallest absolute Gasteiger partial charge is 0.156 e. The normalized spacial score (nSPS) is 11.2. The molecule has 2 aromatic heterocycles. The maximum absolute atomic E-state index is 4.48. The molecule has 2 rings (SSSR count). The van der Waals surface area contributed by atoms with E-state index in [9.17, 15) is 0 Å². The summed E-state index contributed by atoms with van der Waals surface area (Å²) in [5, 5.41) is 7.62. The van der Waals surface area contributed by atoms with Gasteiger partial charge in [-0.05, 0) is 40.0 Å². The first-order chi connectivity index (χ1) is 8.56. The molecule has 0 unspecified atom stereocenters. The third-order valence-corrected chi connectivity index (χ3v) is 3.00. The Hall–Kier alpha value is -1.20. The first-order valence-corrected chi connectivity index (χ1v) is 6.75. The van der Waals surface area contributed by atoms with E-state index >= 15 is 0 Å². The third kappa shape index (κ3) is 3.17. The molecule has 0 spiro atoms.